The Morgan fingerprint density at radius 1 is 1.44 bits per heavy atom. The van der Waals surface area contributed by atoms with Gasteiger partial charge in [0.25, 0.3) is 0 Å². The van der Waals surface area contributed by atoms with Crippen molar-refractivity contribution in [2.45, 2.75) is 6.92 Å². The summed E-state index contributed by atoms with van der Waals surface area (Å²) >= 11 is 2.97. The summed E-state index contributed by atoms with van der Waals surface area (Å²) in [5.74, 6) is -0.628. The normalized spacial score (nSPS) is 10.9. The van der Waals surface area contributed by atoms with Crippen molar-refractivity contribution in [3.63, 3.8) is 0 Å². The van der Waals surface area contributed by atoms with Crippen LogP contribution in [0.3, 0.4) is 0 Å². The number of methoxy groups -OCH3 is 1. The Balaban J connectivity index is 2.98. The molecule has 2 N–H and O–H groups in total. The number of halogens is 2. The SMILES string of the molecule is COC(=O)NS(=O)(=O)Nc1cc(F)c(Br)cc1C. The summed E-state index contributed by atoms with van der Waals surface area (Å²) in [6, 6.07) is 2.40. The molecular weight excluding hydrogens is 331 g/mol. The Morgan fingerprint density at radius 2 is 2.06 bits per heavy atom. The second kappa shape index (κ2) is 5.53. The van der Waals surface area contributed by atoms with Crippen LogP contribution >= 0.6 is 15.9 Å². The molecule has 0 aliphatic heterocycles. The minimum atomic E-state index is -4.15. The highest BCUT2D eigenvalue weighted by Gasteiger charge is 2.16. The van der Waals surface area contributed by atoms with Crippen molar-refractivity contribution in [3.05, 3.63) is 28.0 Å². The highest BCUT2D eigenvalue weighted by atomic mass is 79.9. The van der Waals surface area contributed by atoms with E-state index < -0.39 is 22.1 Å². The molecule has 0 aliphatic carbocycles. The summed E-state index contributed by atoms with van der Waals surface area (Å²) in [5, 5.41) is 0. The fraction of sp³-hybridized carbons (Fsp3) is 0.222. The molecule has 0 bridgehead atoms. The van der Waals surface area contributed by atoms with E-state index in [0.717, 1.165) is 13.2 Å². The van der Waals surface area contributed by atoms with Gasteiger partial charge in [-0.2, -0.15) is 8.42 Å². The van der Waals surface area contributed by atoms with Crippen molar-refractivity contribution >= 4 is 37.9 Å². The molecule has 6 nitrogen and oxygen atoms in total. The van der Waals surface area contributed by atoms with E-state index in [4.69, 9.17) is 0 Å². The molecule has 1 amide bonds. The van der Waals surface area contributed by atoms with E-state index in [9.17, 15) is 17.6 Å². The molecule has 9 heteroatoms. The van der Waals surface area contributed by atoms with E-state index in [1.54, 1.807) is 11.6 Å². The van der Waals surface area contributed by atoms with E-state index in [1.165, 1.54) is 6.07 Å². The first-order valence-electron chi connectivity index (χ1n) is 4.59. The van der Waals surface area contributed by atoms with Gasteiger partial charge in [0.05, 0.1) is 17.3 Å². The van der Waals surface area contributed by atoms with Gasteiger partial charge in [-0.05, 0) is 40.5 Å². The summed E-state index contributed by atoms with van der Waals surface area (Å²) in [6.45, 7) is 1.58. The number of hydrogen-bond donors (Lipinski definition) is 2. The largest absolute Gasteiger partial charge is 0.452 e. The number of rotatable bonds is 3. The van der Waals surface area contributed by atoms with Gasteiger partial charge in [0, 0.05) is 0 Å². The molecule has 0 heterocycles. The maximum absolute atomic E-state index is 13.3. The number of amides is 1. The van der Waals surface area contributed by atoms with Crippen LogP contribution in [0.5, 0.6) is 0 Å². The lowest BCUT2D eigenvalue weighted by atomic mass is 10.2. The van der Waals surface area contributed by atoms with Crippen LogP contribution in [0, 0.1) is 12.7 Å². The fourth-order valence-electron chi connectivity index (χ4n) is 1.08. The van der Waals surface area contributed by atoms with Gasteiger partial charge in [0.15, 0.2) is 0 Å². The van der Waals surface area contributed by atoms with Gasteiger partial charge >= 0.3 is 16.3 Å². The Bertz CT molecular complexity index is 576. The first-order valence-corrected chi connectivity index (χ1v) is 6.87. The number of carbonyl (C=O) groups is 1. The smallest absolute Gasteiger partial charge is 0.422 e. The lowest BCUT2D eigenvalue weighted by Crippen LogP contribution is -2.35. The van der Waals surface area contributed by atoms with Gasteiger partial charge < -0.3 is 4.74 Å². The minimum Gasteiger partial charge on any atom is -0.452 e. The summed E-state index contributed by atoms with van der Waals surface area (Å²) in [6.07, 6.45) is -1.14. The molecule has 0 aliphatic rings. The average Bonchev–Trinajstić information content (AvgIpc) is 2.24. The van der Waals surface area contributed by atoms with Crippen molar-refractivity contribution in [1.29, 1.82) is 0 Å². The fourth-order valence-corrected chi connectivity index (χ4v) is 2.40. The van der Waals surface area contributed by atoms with Crippen LogP contribution in [-0.2, 0) is 14.9 Å². The first kappa shape index (κ1) is 14.7. The van der Waals surface area contributed by atoms with Crippen LogP contribution in [0.1, 0.15) is 5.56 Å². The van der Waals surface area contributed by atoms with Crippen molar-refractivity contribution in [2.75, 3.05) is 11.8 Å². The van der Waals surface area contributed by atoms with Crippen molar-refractivity contribution in [2.24, 2.45) is 0 Å². The third kappa shape index (κ3) is 3.84. The van der Waals surface area contributed by atoms with Crippen LogP contribution < -0.4 is 9.44 Å². The quantitative estimate of drug-likeness (QED) is 0.880. The Labute approximate surface area is 112 Å². The molecule has 1 aromatic rings. The van der Waals surface area contributed by atoms with E-state index >= 15 is 0 Å². The third-order valence-corrected chi connectivity index (χ3v) is 3.45. The second-order valence-corrected chi connectivity index (χ2v) is 5.55. The van der Waals surface area contributed by atoms with Crippen LogP contribution in [0.25, 0.3) is 0 Å². The number of nitrogens with one attached hydrogen (secondary N) is 2. The molecule has 0 aromatic heterocycles. The van der Waals surface area contributed by atoms with Gasteiger partial charge in [-0.25, -0.2) is 13.9 Å². The minimum absolute atomic E-state index is 0.0205. The summed E-state index contributed by atoms with van der Waals surface area (Å²) in [5.41, 5.74) is 0.505. The van der Waals surface area contributed by atoms with Crippen molar-refractivity contribution in [3.8, 4) is 0 Å². The predicted octanol–water partition coefficient (Wildman–Crippen LogP) is 1.91. The Morgan fingerprint density at radius 3 is 2.61 bits per heavy atom. The highest BCUT2D eigenvalue weighted by Crippen LogP contribution is 2.24. The topological polar surface area (TPSA) is 84.5 Å². The van der Waals surface area contributed by atoms with E-state index in [-0.39, 0.29) is 10.2 Å². The molecule has 0 radical (unpaired) electrons. The van der Waals surface area contributed by atoms with Gasteiger partial charge in [-0.3, -0.25) is 4.72 Å². The average molecular weight is 341 g/mol. The second-order valence-electron chi connectivity index (χ2n) is 3.28. The Hall–Kier alpha value is -1.35. The van der Waals surface area contributed by atoms with Crippen LogP contribution in [-0.4, -0.2) is 21.6 Å². The molecule has 1 rings (SSSR count). The molecule has 1 aromatic carbocycles. The number of carbonyl (C=O) groups excluding carboxylic acids is 1. The van der Waals surface area contributed by atoms with E-state index in [1.807, 2.05) is 4.72 Å². The molecule has 0 saturated heterocycles. The van der Waals surface area contributed by atoms with Crippen molar-refractivity contribution in [1.82, 2.24) is 4.72 Å². The lowest BCUT2D eigenvalue weighted by molar-refractivity contribution is 0.177. The Kier molecular flexibility index (Phi) is 4.52. The maximum Gasteiger partial charge on any atom is 0.422 e. The molecular formula is C9H10BrFN2O4S. The molecule has 18 heavy (non-hydrogen) atoms. The van der Waals surface area contributed by atoms with Crippen LogP contribution in [0.2, 0.25) is 0 Å². The summed E-state index contributed by atoms with van der Waals surface area (Å²) in [7, 11) is -3.13. The zero-order chi connectivity index (χ0) is 13.9. The summed E-state index contributed by atoms with van der Waals surface area (Å²) in [4.78, 5) is 10.8. The zero-order valence-electron chi connectivity index (χ0n) is 9.45. The van der Waals surface area contributed by atoms with Crippen molar-refractivity contribution < 1.29 is 22.3 Å². The van der Waals surface area contributed by atoms with Gasteiger partial charge in [0.1, 0.15) is 5.82 Å². The highest BCUT2D eigenvalue weighted by molar-refractivity contribution is 9.10. The number of benzene rings is 1. The standard InChI is InChI=1S/C9H10BrFN2O4S/c1-5-3-6(10)7(11)4-8(5)12-18(15,16)13-9(14)17-2/h3-4,12H,1-2H3,(H,13,14). The molecule has 100 valence electrons. The first-order chi connectivity index (χ1) is 8.25. The van der Waals surface area contributed by atoms with Crippen LogP contribution in [0.4, 0.5) is 14.9 Å². The maximum atomic E-state index is 13.3. The molecule has 0 unspecified atom stereocenters. The molecule has 0 saturated carbocycles. The number of ether oxygens (including phenoxy) is 1. The third-order valence-electron chi connectivity index (χ3n) is 1.91. The molecule has 0 atom stereocenters. The van der Waals surface area contributed by atoms with Gasteiger partial charge in [-0.15, -0.1) is 0 Å². The molecule has 0 spiro atoms. The summed E-state index contributed by atoms with van der Waals surface area (Å²) < 4.78 is 44.1. The van der Waals surface area contributed by atoms with Crippen LogP contribution in [0.15, 0.2) is 16.6 Å². The van der Waals surface area contributed by atoms with Gasteiger partial charge in [-0.1, -0.05) is 0 Å². The lowest BCUT2D eigenvalue weighted by Gasteiger charge is -2.11. The zero-order valence-corrected chi connectivity index (χ0v) is 11.9. The van der Waals surface area contributed by atoms with Gasteiger partial charge in [0.2, 0.25) is 0 Å². The monoisotopic (exact) mass is 340 g/mol. The number of aryl methyl sites for hydroxylation is 1. The number of anilines is 1. The number of hydrogen-bond acceptors (Lipinski definition) is 4. The van der Waals surface area contributed by atoms with E-state index in [2.05, 4.69) is 20.7 Å². The van der Waals surface area contributed by atoms with E-state index in [0.29, 0.717) is 5.56 Å². The predicted molar refractivity (Wildman–Crippen MR) is 66.9 cm³/mol. The molecule has 0 fully saturated rings.